The van der Waals surface area contributed by atoms with E-state index in [0.717, 1.165) is 36.2 Å². The lowest BCUT2D eigenvalue weighted by molar-refractivity contribution is 0.571. The first-order chi connectivity index (χ1) is 12.6. The molecule has 0 amide bonds. The van der Waals surface area contributed by atoms with E-state index >= 15 is 0 Å². The molecule has 26 heavy (non-hydrogen) atoms. The summed E-state index contributed by atoms with van der Waals surface area (Å²) >= 11 is 0. The number of imidazole rings is 1. The Morgan fingerprint density at radius 3 is 2.54 bits per heavy atom. The van der Waals surface area contributed by atoms with Gasteiger partial charge in [-0.1, -0.05) is 55.8 Å². The Morgan fingerprint density at radius 2 is 1.77 bits per heavy atom. The minimum absolute atomic E-state index is 0.160. The number of unbranched alkanes of at least 4 members (excludes halogenated alkanes) is 1. The molecule has 3 aromatic rings. The fourth-order valence-electron chi connectivity index (χ4n) is 2.98. The Labute approximate surface area is 155 Å². The number of nitrogens with zero attached hydrogens (tertiary/aromatic N) is 2. The Hall–Kier alpha value is -2.18. The number of nitrogens with one attached hydrogen (secondary N) is 1. The number of benzene rings is 2. The summed E-state index contributed by atoms with van der Waals surface area (Å²) in [5, 5.41) is 0. The Bertz CT molecular complexity index is 950. The van der Waals surface area contributed by atoms with E-state index in [9.17, 15) is 8.42 Å². The SMILES string of the molecule is CCCCS(=O)(=O)NCc1nc2ccccc2n1CCc1ccccc1. The van der Waals surface area contributed by atoms with Crippen molar-refractivity contribution >= 4 is 21.1 Å². The first-order valence-electron chi connectivity index (χ1n) is 9.04. The Morgan fingerprint density at radius 1 is 1.04 bits per heavy atom. The zero-order chi connectivity index (χ0) is 18.4. The topological polar surface area (TPSA) is 64.0 Å². The summed E-state index contributed by atoms with van der Waals surface area (Å²) in [6, 6.07) is 18.2. The van der Waals surface area contributed by atoms with Crippen LogP contribution in [0.3, 0.4) is 0 Å². The molecule has 0 radical (unpaired) electrons. The van der Waals surface area contributed by atoms with Crippen LogP contribution in [0.4, 0.5) is 0 Å². The van der Waals surface area contributed by atoms with E-state index in [0.29, 0.717) is 6.42 Å². The van der Waals surface area contributed by atoms with Gasteiger partial charge in [0.15, 0.2) is 0 Å². The van der Waals surface area contributed by atoms with Crippen LogP contribution < -0.4 is 4.72 Å². The molecular formula is C20H25N3O2S. The largest absolute Gasteiger partial charge is 0.327 e. The second kappa shape index (κ2) is 8.47. The smallest absolute Gasteiger partial charge is 0.212 e. The molecule has 0 unspecified atom stereocenters. The lowest BCUT2D eigenvalue weighted by atomic mass is 10.1. The average molecular weight is 372 g/mol. The molecule has 1 N–H and O–H groups in total. The molecule has 0 spiro atoms. The summed E-state index contributed by atoms with van der Waals surface area (Å²) in [5.41, 5.74) is 3.18. The Kier molecular flexibility index (Phi) is 6.06. The second-order valence-electron chi connectivity index (χ2n) is 6.40. The summed E-state index contributed by atoms with van der Waals surface area (Å²) in [6.07, 6.45) is 2.40. The maximum absolute atomic E-state index is 12.1. The third-order valence-corrected chi connectivity index (χ3v) is 5.83. The second-order valence-corrected chi connectivity index (χ2v) is 8.32. The van der Waals surface area contributed by atoms with Crippen molar-refractivity contribution in [3.8, 4) is 0 Å². The van der Waals surface area contributed by atoms with Crippen molar-refractivity contribution in [1.29, 1.82) is 0 Å². The predicted octanol–water partition coefficient (Wildman–Crippen LogP) is 3.50. The van der Waals surface area contributed by atoms with Crippen molar-refractivity contribution in [2.45, 2.75) is 39.3 Å². The molecule has 1 heterocycles. The zero-order valence-electron chi connectivity index (χ0n) is 15.1. The van der Waals surface area contributed by atoms with E-state index in [1.807, 2.05) is 49.4 Å². The highest BCUT2D eigenvalue weighted by Gasteiger charge is 2.14. The van der Waals surface area contributed by atoms with Crippen molar-refractivity contribution in [2.24, 2.45) is 0 Å². The quantitative estimate of drug-likeness (QED) is 0.626. The van der Waals surface area contributed by atoms with Crippen LogP contribution in [0.15, 0.2) is 54.6 Å². The number of sulfonamides is 1. The van der Waals surface area contributed by atoms with Crippen LogP contribution in [-0.4, -0.2) is 23.7 Å². The van der Waals surface area contributed by atoms with E-state index in [1.54, 1.807) is 0 Å². The molecule has 2 aromatic carbocycles. The molecule has 0 bridgehead atoms. The van der Waals surface area contributed by atoms with Gasteiger partial charge in [0.05, 0.1) is 23.3 Å². The molecule has 0 aliphatic carbocycles. The normalized spacial score (nSPS) is 11.9. The first-order valence-corrected chi connectivity index (χ1v) is 10.7. The molecule has 0 aliphatic heterocycles. The fraction of sp³-hybridized carbons (Fsp3) is 0.350. The molecule has 0 fully saturated rings. The lowest BCUT2D eigenvalue weighted by Crippen LogP contribution is -2.27. The molecule has 6 heteroatoms. The van der Waals surface area contributed by atoms with E-state index in [-0.39, 0.29) is 12.3 Å². The molecular weight excluding hydrogens is 346 g/mol. The zero-order valence-corrected chi connectivity index (χ0v) is 15.9. The third kappa shape index (κ3) is 4.71. The molecule has 1 aromatic heterocycles. The van der Waals surface area contributed by atoms with Gasteiger partial charge in [-0.15, -0.1) is 0 Å². The number of rotatable bonds is 9. The standard InChI is InChI=1S/C20H25N3O2S/c1-2-3-15-26(24,25)21-16-20-22-18-11-7-8-12-19(18)23(20)14-13-17-9-5-4-6-10-17/h4-12,21H,2-3,13-16H2,1H3. The van der Waals surface area contributed by atoms with Crippen molar-refractivity contribution in [1.82, 2.24) is 14.3 Å². The first kappa shape index (κ1) is 18.6. The van der Waals surface area contributed by atoms with Crippen LogP contribution in [0.25, 0.3) is 11.0 Å². The van der Waals surface area contributed by atoms with Gasteiger partial charge in [0, 0.05) is 6.54 Å². The van der Waals surface area contributed by atoms with Crippen molar-refractivity contribution in [3.63, 3.8) is 0 Å². The van der Waals surface area contributed by atoms with Gasteiger partial charge < -0.3 is 4.57 Å². The number of fused-ring (bicyclic) bond motifs is 1. The molecule has 0 aliphatic rings. The highest BCUT2D eigenvalue weighted by atomic mass is 32.2. The third-order valence-electron chi connectivity index (χ3n) is 4.42. The van der Waals surface area contributed by atoms with E-state index in [4.69, 9.17) is 0 Å². The van der Waals surface area contributed by atoms with Crippen LogP contribution in [0, 0.1) is 0 Å². The van der Waals surface area contributed by atoms with Gasteiger partial charge in [0.1, 0.15) is 5.82 Å². The van der Waals surface area contributed by atoms with Crippen molar-refractivity contribution in [3.05, 3.63) is 66.0 Å². The van der Waals surface area contributed by atoms with E-state index < -0.39 is 10.0 Å². The van der Waals surface area contributed by atoms with Gasteiger partial charge in [0.2, 0.25) is 10.0 Å². The van der Waals surface area contributed by atoms with Gasteiger partial charge in [-0.25, -0.2) is 18.1 Å². The van der Waals surface area contributed by atoms with Crippen LogP contribution in [0.5, 0.6) is 0 Å². The number of aromatic nitrogens is 2. The minimum atomic E-state index is -3.27. The maximum atomic E-state index is 12.1. The fourth-order valence-corrected chi connectivity index (χ4v) is 4.14. The van der Waals surface area contributed by atoms with Gasteiger partial charge in [-0.2, -0.15) is 0 Å². The van der Waals surface area contributed by atoms with Gasteiger partial charge in [-0.05, 0) is 30.5 Å². The molecule has 3 rings (SSSR count). The van der Waals surface area contributed by atoms with E-state index in [1.165, 1.54) is 5.56 Å². The van der Waals surface area contributed by atoms with Crippen LogP contribution in [-0.2, 0) is 29.5 Å². The highest BCUT2D eigenvalue weighted by Crippen LogP contribution is 2.17. The highest BCUT2D eigenvalue weighted by molar-refractivity contribution is 7.89. The van der Waals surface area contributed by atoms with Gasteiger partial charge in [0.25, 0.3) is 0 Å². The lowest BCUT2D eigenvalue weighted by Gasteiger charge is -2.11. The van der Waals surface area contributed by atoms with Gasteiger partial charge in [-0.3, -0.25) is 0 Å². The monoisotopic (exact) mass is 371 g/mol. The minimum Gasteiger partial charge on any atom is -0.327 e. The summed E-state index contributed by atoms with van der Waals surface area (Å²) in [6.45, 7) is 2.96. The predicted molar refractivity (Wildman–Crippen MR) is 105 cm³/mol. The maximum Gasteiger partial charge on any atom is 0.212 e. The Balaban J connectivity index is 1.80. The van der Waals surface area contributed by atoms with Gasteiger partial charge >= 0.3 is 0 Å². The summed E-state index contributed by atoms with van der Waals surface area (Å²) in [5.74, 6) is 0.913. The molecule has 138 valence electrons. The van der Waals surface area contributed by atoms with Crippen LogP contribution in [0.2, 0.25) is 0 Å². The number of aryl methyl sites for hydroxylation is 2. The van der Waals surface area contributed by atoms with Crippen LogP contribution in [0.1, 0.15) is 31.2 Å². The number of para-hydroxylation sites is 2. The van der Waals surface area contributed by atoms with Crippen LogP contribution >= 0.6 is 0 Å². The average Bonchev–Trinajstić information content (AvgIpc) is 3.02. The summed E-state index contributed by atoms with van der Waals surface area (Å²) in [4.78, 5) is 4.64. The molecule has 0 saturated carbocycles. The molecule has 0 atom stereocenters. The molecule has 5 nitrogen and oxygen atoms in total. The van der Waals surface area contributed by atoms with Crippen molar-refractivity contribution in [2.75, 3.05) is 5.75 Å². The molecule has 0 saturated heterocycles. The van der Waals surface area contributed by atoms with Crippen molar-refractivity contribution < 1.29 is 8.42 Å². The summed E-state index contributed by atoms with van der Waals surface area (Å²) in [7, 11) is -3.27. The van der Waals surface area contributed by atoms with E-state index in [2.05, 4.69) is 26.4 Å². The number of hydrogen-bond donors (Lipinski definition) is 1. The number of hydrogen-bond acceptors (Lipinski definition) is 3. The summed E-state index contributed by atoms with van der Waals surface area (Å²) < 4.78 is 29.1.